The zero-order valence-electron chi connectivity index (χ0n) is 9.06. The first-order valence-corrected chi connectivity index (χ1v) is 5.66. The molecule has 5 nitrogen and oxygen atoms in total. The summed E-state index contributed by atoms with van der Waals surface area (Å²) in [6.45, 7) is 2.30. The molecule has 0 bridgehead atoms. The predicted molar refractivity (Wildman–Crippen MR) is 59.9 cm³/mol. The molecule has 0 saturated carbocycles. The van der Waals surface area contributed by atoms with Crippen molar-refractivity contribution in [1.29, 1.82) is 0 Å². The summed E-state index contributed by atoms with van der Waals surface area (Å²) in [4.78, 5) is 16.1. The van der Waals surface area contributed by atoms with Crippen LogP contribution in [0.1, 0.15) is 17.2 Å². The summed E-state index contributed by atoms with van der Waals surface area (Å²) in [6.07, 6.45) is 0.00646. The first-order chi connectivity index (χ1) is 7.63. The molecule has 0 unspecified atom stereocenters. The standard InChI is InChI=1S/C10H12N2O3S/c1-6-10-12(8(11-6)4-15-2)7(5-16-10)3-9(13)14/h5H,3-4H2,1-2H3,(H,13,14). The average Bonchev–Trinajstić information content (AvgIpc) is 2.71. The van der Waals surface area contributed by atoms with Crippen LogP contribution in [-0.2, 0) is 22.6 Å². The third-order valence-electron chi connectivity index (χ3n) is 2.27. The number of nitrogens with zero attached hydrogens (tertiary/aromatic N) is 2. The Morgan fingerprint density at radius 3 is 3.06 bits per heavy atom. The fraction of sp³-hybridized carbons (Fsp3) is 0.400. The lowest BCUT2D eigenvalue weighted by atomic mass is 10.3. The minimum atomic E-state index is -0.839. The van der Waals surface area contributed by atoms with Crippen LogP contribution in [0.5, 0.6) is 0 Å². The second-order valence-corrected chi connectivity index (χ2v) is 4.34. The Morgan fingerprint density at radius 2 is 2.44 bits per heavy atom. The number of carbonyl (C=O) groups is 1. The average molecular weight is 240 g/mol. The number of methoxy groups -OCH3 is 1. The fourth-order valence-electron chi connectivity index (χ4n) is 1.68. The molecule has 0 amide bonds. The highest BCUT2D eigenvalue weighted by atomic mass is 32.1. The van der Waals surface area contributed by atoms with Gasteiger partial charge < -0.3 is 9.84 Å². The van der Waals surface area contributed by atoms with Crippen LogP contribution in [0, 0.1) is 6.92 Å². The van der Waals surface area contributed by atoms with Gasteiger partial charge in [-0.2, -0.15) is 0 Å². The maximum Gasteiger partial charge on any atom is 0.309 e. The van der Waals surface area contributed by atoms with E-state index < -0.39 is 5.97 Å². The highest BCUT2D eigenvalue weighted by molar-refractivity contribution is 7.15. The third kappa shape index (κ3) is 1.81. The van der Waals surface area contributed by atoms with Crippen LogP contribution in [0.25, 0.3) is 4.83 Å². The lowest BCUT2D eigenvalue weighted by Crippen LogP contribution is -2.05. The van der Waals surface area contributed by atoms with Crippen LogP contribution in [0.15, 0.2) is 5.38 Å². The van der Waals surface area contributed by atoms with Crippen molar-refractivity contribution in [2.75, 3.05) is 7.11 Å². The number of hydrogen-bond acceptors (Lipinski definition) is 4. The molecule has 2 heterocycles. The van der Waals surface area contributed by atoms with Crippen molar-refractivity contribution < 1.29 is 14.6 Å². The summed E-state index contributed by atoms with van der Waals surface area (Å²) in [6, 6.07) is 0. The number of carboxylic acid groups (broad SMARTS) is 1. The molecule has 1 N–H and O–H groups in total. The number of rotatable bonds is 4. The highest BCUT2D eigenvalue weighted by Gasteiger charge is 2.15. The first kappa shape index (κ1) is 11.1. The predicted octanol–water partition coefficient (Wildman–Crippen LogP) is 1.48. The van der Waals surface area contributed by atoms with Crippen molar-refractivity contribution >= 4 is 22.1 Å². The van der Waals surface area contributed by atoms with Crippen LogP contribution < -0.4 is 0 Å². The molecule has 0 aliphatic heterocycles. The molecule has 2 aromatic heterocycles. The monoisotopic (exact) mass is 240 g/mol. The Labute approximate surface area is 96.3 Å². The molecule has 0 atom stereocenters. The topological polar surface area (TPSA) is 63.8 Å². The number of fused-ring (bicyclic) bond motifs is 1. The van der Waals surface area contributed by atoms with Crippen LogP contribution >= 0.6 is 11.3 Å². The number of imidazole rings is 1. The van der Waals surface area contributed by atoms with Gasteiger partial charge in [-0.25, -0.2) is 4.98 Å². The van der Waals surface area contributed by atoms with E-state index in [0.29, 0.717) is 6.61 Å². The Morgan fingerprint density at radius 1 is 1.69 bits per heavy atom. The van der Waals surface area contributed by atoms with E-state index >= 15 is 0 Å². The summed E-state index contributed by atoms with van der Waals surface area (Å²) >= 11 is 1.51. The number of ether oxygens (including phenoxy) is 1. The first-order valence-electron chi connectivity index (χ1n) is 4.78. The Balaban J connectivity index is 2.53. The zero-order chi connectivity index (χ0) is 11.7. The van der Waals surface area contributed by atoms with Gasteiger partial charge in [0.15, 0.2) is 0 Å². The van der Waals surface area contributed by atoms with E-state index in [1.165, 1.54) is 11.3 Å². The van der Waals surface area contributed by atoms with Crippen molar-refractivity contribution in [3.05, 3.63) is 22.6 Å². The molecule has 16 heavy (non-hydrogen) atoms. The third-order valence-corrected chi connectivity index (χ3v) is 3.36. The van der Waals surface area contributed by atoms with Gasteiger partial charge in [-0.15, -0.1) is 11.3 Å². The van der Waals surface area contributed by atoms with E-state index in [1.54, 1.807) is 7.11 Å². The van der Waals surface area contributed by atoms with Gasteiger partial charge in [0.2, 0.25) is 0 Å². The largest absolute Gasteiger partial charge is 0.481 e. The van der Waals surface area contributed by atoms with Crippen LogP contribution in [0.2, 0.25) is 0 Å². The van der Waals surface area contributed by atoms with Crippen molar-refractivity contribution in [2.45, 2.75) is 20.0 Å². The Hall–Kier alpha value is -1.40. The molecule has 86 valence electrons. The fourth-order valence-corrected chi connectivity index (χ4v) is 2.66. The summed E-state index contributed by atoms with van der Waals surface area (Å²) in [7, 11) is 1.60. The zero-order valence-corrected chi connectivity index (χ0v) is 9.87. The summed E-state index contributed by atoms with van der Waals surface area (Å²) in [5, 5.41) is 10.7. The van der Waals surface area contributed by atoms with Crippen molar-refractivity contribution in [2.24, 2.45) is 0 Å². The second-order valence-electron chi connectivity index (χ2n) is 3.48. The van der Waals surface area contributed by atoms with Gasteiger partial charge in [0, 0.05) is 18.2 Å². The maximum absolute atomic E-state index is 10.7. The molecule has 0 saturated heterocycles. The van der Waals surface area contributed by atoms with Crippen molar-refractivity contribution in [3.63, 3.8) is 0 Å². The molecule has 0 aliphatic carbocycles. The van der Waals surface area contributed by atoms with E-state index in [4.69, 9.17) is 9.84 Å². The van der Waals surface area contributed by atoms with Gasteiger partial charge >= 0.3 is 5.97 Å². The molecule has 0 aliphatic rings. The SMILES string of the molecule is COCc1nc(C)c2scc(CC(=O)O)n12. The van der Waals surface area contributed by atoms with Gasteiger partial charge in [0.25, 0.3) is 0 Å². The molecule has 6 heteroatoms. The van der Waals surface area contributed by atoms with Gasteiger partial charge in [0.1, 0.15) is 17.3 Å². The highest BCUT2D eigenvalue weighted by Crippen LogP contribution is 2.23. The molecular formula is C10H12N2O3S. The normalized spacial score (nSPS) is 11.1. The summed E-state index contributed by atoms with van der Waals surface area (Å²) < 4.78 is 6.93. The number of thiazole rings is 1. The number of aliphatic carboxylic acids is 1. The van der Waals surface area contributed by atoms with Crippen molar-refractivity contribution in [3.8, 4) is 0 Å². The van der Waals surface area contributed by atoms with Gasteiger partial charge in [-0.1, -0.05) is 0 Å². The number of aryl methyl sites for hydroxylation is 1. The van der Waals surface area contributed by atoms with Gasteiger partial charge in [-0.3, -0.25) is 9.20 Å². The maximum atomic E-state index is 10.7. The van der Waals surface area contributed by atoms with Crippen molar-refractivity contribution in [1.82, 2.24) is 9.38 Å². The van der Waals surface area contributed by atoms with Crippen LogP contribution in [-0.4, -0.2) is 27.6 Å². The lowest BCUT2D eigenvalue weighted by Gasteiger charge is -2.00. The number of carboxylic acids is 1. The quantitative estimate of drug-likeness (QED) is 0.879. The molecular weight excluding hydrogens is 228 g/mol. The summed E-state index contributed by atoms with van der Waals surface area (Å²) in [5.74, 6) is -0.0816. The lowest BCUT2D eigenvalue weighted by molar-refractivity contribution is -0.136. The molecule has 2 aromatic rings. The van der Waals surface area contributed by atoms with E-state index in [-0.39, 0.29) is 6.42 Å². The molecule has 0 aromatic carbocycles. The molecule has 0 radical (unpaired) electrons. The smallest absolute Gasteiger partial charge is 0.309 e. The Bertz CT molecular complexity index is 529. The van der Waals surface area contributed by atoms with Gasteiger partial charge in [0.05, 0.1) is 12.1 Å². The summed E-state index contributed by atoms with van der Waals surface area (Å²) in [5.41, 5.74) is 1.66. The van der Waals surface area contributed by atoms with E-state index in [2.05, 4.69) is 4.98 Å². The molecule has 0 fully saturated rings. The molecule has 2 rings (SSSR count). The van der Waals surface area contributed by atoms with E-state index in [9.17, 15) is 4.79 Å². The van der Waals surface area contributed by atoms with E-state index in [0.717, 1.165) is 22.0 Å². The minimum Gasteiger partial charge on any atom is -0.481 e. The minimum absolute atomic E-state index is 0.00646. The molecule has 0 spiro atoms. The van der Waals surface area contributed by atoms with Crippen LogP contribution in [0.3, 0.4) is 0 Å². The van der Waals surface area contributed by atoms with E-state index in [1.807, 2.05) is 16.7 Å². The number of hydrogen-bond donors (Lipinski definition) is 1. The van der Waals surface area contributed by atoms with Gasteiger partial charge in [-0.05, 0) is 6.92 Å². The number of aromatic nitrogens is 2. The van der Waals surface area contributed by atoms with Crippen LogP contribution in [0.4, 0.5) is 0 Å². The second kappa shape index (κ2) is 4.23. The Kier molecular flexibility index (Phi) is 2.93.